The molecule has 1 saturated carbocycles. The number of carbonyl (C=O) groups is 1. The van der Waals surface area contributed by atoms with Crippen molar-refractivity contribution in [3.05, 3.63) is 29.8 Å². The first-order valence-corrected chi connectivity index (χ1v) is 7.51. The van der Waals surface area contributed by atoms with Gasteiger partial charge in [-0.2, -0.15) is 0 Å². The minimum atomic E-state index is -0.401. The zero-order valence-corrected chi connectivity index (χ0v) is 11.9. The Labute approximate surface area is 119 Å². The summed E-state index contributed by atoms with van der Waals surface area (Å²) in [5.74, 6) is 1.23. The number of halogens is 1. The van der Waals surface area contributed by atoms with Gasteiger partial charge in [-0.15, -0.1) is 0 Å². The van der Waals surface area contributed by atoms with Crippen molar-refractivity contribution in [3.63, 3.8) is 0 Å². The fourth-order valence-corrected chi connectivity index (χ4v) is 3.73. The van der Waals surface area contributed by atoms with E-state index in [0.717, 1.165) is 37.7 Å². The summed E-state index contributed by atoms with van der Waals surface area (Å²) in [6, 6.07) is 2.78. The molecule has 1 aromatic heterocycles. The van der Waals surface area contributed by atoms with E-state index in [0.29, 0.717) is 5.69 Å². The van der Waals surface area contributed by atoms with E-state index in [9.17, 15) is 9.18 Å². The summed E-state index contributed by atoms with van der Waals surface area (Å²) in [4.78, 5) is 18.6. The first-order chi connectivity index (χ1) is 9.63. The molecule has 2 aliphatic rings. The van der Waals surface area contributed by atoms with E-state index in [1.165, 1.54) is 31.4 Å². The molecule has 108 valence electrons. The number of aromatic nitrogens is 1. The molecule has 1 aliphatic heterocycles. The number of hydrogen-bond donors (Lipinski definition) is 0. The molecule has 0 amide bonds. The molecule has 3 rings (SSSR count). The van der Waals surface area contributed by atoms with Crippen LogP contribution in [-0.4, -0.2) is 35.3 Å². The normalized spacial score (nSPS) is 27.5. The van der Waals surface area contributed by atoms with Crippen LogP contribution in [-0.2, 0) is 0 Å². The molecule has 0 N–H and O–H groups in total. The SMILES string of the molecule is CC(CN1CC2CCCC2C1)C(=O)c1ccc(F)cn1. The van der Waals surface area contributed by atoms with Crippen LogP contribution < -0.4 is 0 Å². The van der Waals surface area contributed by atoms with E-state index >= 15 is 0 Å². The van der Waals surface area contributed by atoms with E-state index in [1.54, 1.807) is 0 Å². The number of hydrogen-bond acceptors (Lipinski definition) is 3. The monoisotopic (exact) mass is 276 g/mol. The van der Waals surface area contributed by atoms with Crippen molar-refractivity contribution >= 4 is 5.78 Å². The summed E-state index contributed by atoms with van der Waals surface area (Å²) in [6.07, 6.45) is 5.18. The van der Waals surface area contributed by atoms with Crippen molar-refractivity contribution in [2.75, 3.05) is 19.6 Å². The van der Waals surface area contributed by atoms with Gasteiger partial charge in [-0.05, 0) is 36.8 Å². The number of Topliss-reactive ketones (excluding diaryl/α,β-unsaturated/α-hetero) is 1. The quantitative estimate of drug-likeness (QED) is 0.793. The summed E-state index contributed by atoms with van der Waals surface area (Å²) >= 11 is 0. The first-order valence-electron chi connectivity index (χ1n) is 7.51. The van der Waals surface area contributed by atoms with Crippen LogP contribution in [0.1, 0.15) is 36.7 Å². The molecule has 3 nitrogen and oxygen atoms in total. The molecular weight excluding hydrogens is 255 g/mol. The molecule has 2 fully saturated rings. The van der Waals surface area contributed by atoms with Crippen molar-refractivity contribution in [3.8, 4) is 0 Å². The van der Waals surface area contributed by atoms with Gasteiger partial charge in [0.2, 0.25) is 0 Å². The number of carbonyl (C=O) groups excluding carboxylic acids is 1. The van der Waals surface area contributed by atoms with Gasteiger partial charge in [0, 0.05) is 25.6 Å². The van der Waals surface area contributed by atoms with Crippen LogP contribution in [0.25, 0.3) is 0 Å². The Morgan fingerprint density at radius 3 is 2.70 bits per heavy atom. The van der Waals surface area contributed by atoms with Crippen molar-refractivity contribution in [1.82, 2.24) is 9.88 Å². The number of likely N-dealkylation sites (tertiary alicyclic amines) is 1. The Morgan fingerprint density at radius 1 is 1.40 bits per heavy atom. The van der Waals surface area contributed by atoms with E-state index in [2.05, 4.69) is 9.88 Å². The third-order valence-corrected chi connectivity index (χ3v) is 4.76. The molecule has 0 bridgehead atoms. The molecule has 0 aromatic carbocycles. The highest BCUT2D eigenvalue weighted by Crippen LogP contribution is 2.37. The van der Waals surface area contributed by atoms with Crippen molar-refractivity contribution in [2.45, 2.75) is 26.2 Å². The van der Waals surface area contributed by atoms with Gasteiger partial charge in [-0.3, -0.25) is 9.78 Å². The molecule has 0 radical (unpaired) electrons. The van der Waals surface area contributed by atoms with E-state index in [-0.39, 0.29) is 11.7 Å². The third kappa shape index (κ3) is 2.75. The Kier molecular flexibility index (Phi) is 3.83. The second-order valence-electron chi connectivity index (χ2n) is 6.30. The lowest BCUT2D eigenvalue weighted by Crippen LogP contribution is -2.31. The van der Waals surface area contributed by atoms with Gasteiger partial charge in [-0.25, -0.2) is 4.39 Å². The molecular formula is C16H21FN2O. The van der Waals surface area contributed by atoms with Gasteiger partial charge in [0.25, 0.3) is 0 Å². The van der Waals surface area contributed by atoms with E-state index in [1.807, 2.05) is 6.92 Å². The summed E-state index contributed by atoms with van der Waals surface area (Å²) in [5, 5.41) is 0. The van der Waals surface area contributed by atoms with Crippen LogP contribution in [0.3, 0.4) is 0 Å². The molecule has 3 unspecified atom stereocenters. The summed E-state index contributed by atoms with van der Waals surface area (Å²) in [7, 11) is 0. The Morgan fingerprint density at radius 2 is 2.10 bits per heavy atom. The Hall–Kier alpha value is -1.29. The summed E-state index contributed by atoms with van der Waals surface area (Å²) < 4.78 is 12.8. The van der Waals surface area contributed by atoms with Gasteiger partial charge < -0.3 is 4.90 Å². The van der Waals surface area contributed by atoms with E-state index < -0.39 is 5.82 Å². The molecule has 20 heavy (non-hydrogen) atoms. The molecule has 3 atom stereocenters. The first kappa shape index (κ1) is 13.7. The number of ketones is 1. The zero-order chi connectivity index (χ0) is 14.1. The van der Waals surface area contributed by atoms with Crippen LogP contribution in [0.15, 0.2) is 18.3 Å². The van der Waals surface area contributed by atoms with E-state index in [4.69, 9.17) is 0 Å². The van der Waals surface area contributed by atoms with Crippen molar-refractivity contribution in [2.24, 2.45) is 17.8 Å². The third-order valence-electron chi connectivity index (χ3n) is 4.76. The lowest BCUT2D eigenvalue weighted by atomic mass is 10.0. The maximum absolute atomic E-state index is 12.8. The fourth-order valence-electron chi connectivity index (χ4n) is 3.73. The fraction of sp³-hybridized carbons (Fsp3) is 0.625. The van der Waals surface area contributed by atoms with Crippen LogP contribution in [0, 0.1) is 23.6 Å². The molecule has 1 aromatic rings. The van der Waals surface area contributed by atoms with Crippen molar-refractivity contribution in [1.29, 1.82) is 0 Å². The maximum atomic E-state index is 12.8. The summed E-state index contributed by atoms with van der Waals surface area (Å²) in [5.41, 5.74) is 0.373. The maximum Gasteiger partial charge on any atom is 0.185 e. The van der Waals surface area contributed by atoms with Crippen LogP contribution in [0.4, 0.5) is 4.39 Å². The lowest BCUT2D eigenvalue weighted by Gasteiger charge is -2.20. The standard InChI is InChI=1S/C16H21FN2O/c1-11(16(20)15-6-5-14(17)7-18-15)8-19-9-12-3-2-4-13(12)10-19/h5-7,11-13H,2-4,8-10H2,1H3. The van der Waals surface area contributed by atoms with Crippen LogP contribution in [0.2, 0.25) is 0 Å². The highest BCUT2D eigenvalue weighted by atomic mass is 19.1. The largest absolute Gasteiger partial charge is 0.302 e. The van der Waals surface area contributed by atoms with Gasteiger partial charge in [0.1, 0.15) is 11.5 Å². The summed E-state index contributed by atoms with van der Waals surface area (Å²) in [6.45, 7) is 5.02. The highest BCUT2D eigenvalue weighted by Gasteiger charge is 2.36. The number of pyridine rings is 1. The minimum absolute atomic E-state index is 0.0158. The predicted molar refractivity (Wildman–Crippen MR) is 75.0 cm³/mol. The van der Waals surface area contributed by atoms with Gasteiger partial charge in [-0.1, -0.05) is 13.3 Å². The smallest absolute Gasteiger partial charge is 0.185 e. The number of nitrogens with zero attached hydrogens (tertiary/aromatic N) is 2. The second kappa shape index (κ2) is 5.60. The average Bonchev–Trinajstić information content (AvgIpc) is 2.99. The lowest BCUT2D eigenvalue weighted by molar-refractivity contribution is 0.0894. The van der Waals surface area contributed by atoms with Crippen molar-refractivity contribution < 1.29 is 9.18 Å². The zero-order valence-electron chi connectivity index (χ0n) is 11.9. The Bertz CT molecular complexity index is 476. The number of fused-ring (bicyclic) bond motifs is 1. The molecule has 1 saturated heterocycles. The number of rotatable bonds is 4. The predicted octanol–water partition coefficient (Wildman–Crippen LogP) is 2.77. The second-order valence-corrected chi connectivity index (χ2v) is 6.30. The molecule has 0 spiro atoms. The van der Waals surface area contributed by atoms with Crippen LogP contribution in [0.5, 0.6) is 0 Å². The Balaban J connectivity index is 1.57. The van der Waals surface area contributed by atoms with Crippen LogP contribution >= 0.6 is 0 Å². The average molecular weight is 276 g/mol. The van der Waals surface area contributed by atoms with Gasteiger partial charge in [0.05, 0.1) is 6.20 Å². The molecule has 2 heterocycles. The highest BCUT2D eigenvalue weighted by molar-refractivity contribution is 5.95. The van der Waals surface area contributed by atoms with Gasteiger partial charge in [0.15, 0.2) is 5.78 Å². The molecule has 1 aliphatic carbocycles. The molecule has 4 heteroatoms. The minimum Gasteiger partial charge on any atom is -0.302 e. The topological polar surface area (TPSA) is 33.2 Å². The van der Waals surface area contributed by atoms with Gasteiger partial charge >= 0.3 is 0 Å².